The van der Waals surface area contributed by atoms with E-state index in [0.717, 1.165) is 7.11 Å². The Hall–Kier alpha value is -0.440. The molecule has 15 heavy (non-hydrogen) atoms. The highest BCUT2D eigenvalue weighted by Crippen LogP contribution is 2.05. The quantitative estimate of drug-likeness (QED) is 0.328. The van der Waals surface area contributed by atoms with Crippen molar-refractivity contribution in [2.75, 3.05) is 13.7 Å². The van der Waals surface area contributed by atoms with Gasteiger partial charge in [0, 0.05) is 0 Å². The predicted octanol–water partition coefficient (Wildman–Crippen LogP) is -2.98. The average molecular weight is 247 g/mol. The molecule has 5 N–H and O–H groups in total. The summed E-state index contributed by atoms with van der Waals surface area (Å²) in [5.41, 5.74) is 0. The lowest BCUT2D eigenvalue weighted by Gasteiger charge is -2.23. The second kappa shape index (κ2) is 7.80. The van der Waals surface area contributed by atoms with Crippen LogP contribution in [0.1, 0.15) is 0 Å². The maximum Gasteiger partial charge on any atom is 0.337 e. The fourth-order valence-corrected chi connectivity index (χ4v) is 0.783. The number of methoxy groups -OCH3 is 1. The van der Waals surface area contributed by atoms with E-state index < -0.39 is 37.0 Å². The zero-order valence-electron chi connectivity index (χ0n) is 7.98. The van der Waals surface area contributed by atoms with Crippen LogP contribution in [-0.2, 0) is 9.53 Å². The second-order valence-corrected chi connectivity index (χ2v) is 2.70. The summed E-state index contributed by atoms with van der Waals surface area (Å²) in [7, 11) is 0.993. The topological polar surface area (TPSA) is 127 Å². The number of halogens is 1. The largest absolute Gasteiger partial charge is 0.467 e. The molecule has 0 aromatic carbocycles. The summed E-state index contributed by atoms with van der Waals surface area (Å²) in [5, 5.41) is 44.5. The van der Waals surface area contributed by atoms with Crippen molar-refractivity contribution in [2.45, 2.75) is 24.4 Å². The van der Waals surface area contributed by atoms with E-state index in [9.17, 15) is 4.79 Å². The Bertz CT molecular complexity index is 188. The molecule has 0 fully saturated rings. The Morgan fingerprint density at radius 3 is 2.00 bits per heavy atom. The van der Waals surface area contributed by atoms with Crippen LogP contribution < -0.4 is 0 Å². The van der Waals surface area contributed by atoms with Crippen LogP contribution in [0.25, 0.3) is 0 Å². The number of rotatable bonds is 5. The Balaban J connectivity index is 0. The van der Waals surface area contributed by atoms with Gasteiger partial charge < -0.3 is 30.3 Å². The van der Waals surface area contributed by atoms with Crippen molar-refractivity contribution in [3.63, 3.8) is 0 Å². The number of aliphatic hydroxyl groups is 5. The van der Waals surface area contributed by atoms with Crippen LogP contribution in [0.5, 0.6) is 0 Å². The van der Waals surface area contributed by atoms with E-state index in [2.05, 4.69) is 4.74 Å². The van der Waals surface area contributed by atoms with Crippen molar-refractivity contribution in [3.05, 3.63) is 0 Å². The predicted molar refractivity (Wildman–Crippen MR) is 50.4 cm³/mol. The minimum Gasteiger partial charge on any atom is -0.467 e. The SMILES string of the molecule is COC(=O)C(O)C(O)C(O)C(O)CO.Cl. The highest BCUT2D eigenvalue weighted by atomic mass is 35.5. The molecule has 92 valence electrons. The highest BCUT2D eigenvalue weighted by Gasteiger charge is 2.34. The molecular weight excluding hydrogens is 232 g/mol. The summed E-state index contributed by atoms with van der Waals surface area (Å²) in [5.74, 6) is -1.14. The van der Waals surface area contributed by atoms with Crippen molar-refractivity contribution in [1.82, 2.24) is 0 Å². The van der Waals surface area contributed by atoms with Crippen LogP contribution in [0.3, 0.4) is 0 Å². The van der Waals surface area contributed by atoms with Gasteiger partial charge in [0.15, 0.2) is 6.10 Å². The van der Waals surface area contributed by atoms with Crippen molar-refractivity contribution >= 4 is 18.4 Å². The lowest BCUT2D eigenvalue weighted by molar-refractivity contribution is -0.167. The molecule has 4 unspecified atom stereocenters. The summed E-state index contributed by atoms with van der Waals surface area (Å²) >= 11 is 0. The lowest BCUT2D eigenvalue weighted by atomic mass is 10.0. The van der Waals surface area contributed by atoms with Gasteiger partial charge >= 0.3 is 5.97 Å². The Morgan fingerprint density at radius 1 is 1.20 bits per heavy atom. The third kappa shape index (κ3) is 4.74. The van der Waals surface area contributed by atoms with Crippen LogP contribution in [-0.4, -0.2) is 69.6 Å². The molecule has 0 aliphatic rings. The molecule has 0 radical (unpaired) electrons. The Kier molecular flexibility index (Phi) is 8.83. The minimum absolute atomic E-state index is 0. The van der Waals surface area contributed by atoms with Gasteiger partial charge in [0.25, 0.3) is 0 Å². The molecular formula is C7H15ClO7. The summed E-state index contributed by atoms with van der Waals surface area (Å²) in [6.07, 6.45) is -7.33. The maximum absolute atomic E-state index is 10.7. The first-order valence-electron chi connectivity index (χ1n) is 3.86. The molecule has 0 aromatic heterocycles. The number of hydrogen-bond donors (Lipinski definition) is 5. The van der Waals surface area contributed by atoms with E-state index in [1.165, 1.54) is 0 Å². The first-order valence-corrected chi connectivity index (χ1v) is 3.86. The van der Waals surface area contributed by atoms with Gasteiger partial charge in [0.05, 0.1) is 13.7 Å². The molecule has 0 heterocycles. The fraction of sp³-hybridized carbons (Fsp3) is 0.857. The van der Waals surface area contributed by atoms with Crippen LogP contribution >= 0.6 is 12.4 Å². The number of hydrogen-bond acceptors (Lipinski definition) is 7. The van der Waals surface area contributed by atoms with Crippen LogP contribution in [0.15, 0.2) is 0 Å². The van der Waals surface area contributed by atoms with Gasteiger partial charge in [0.2, 0.25) is 0 Å². The van der Waals surface area contributed by atoms with Gasteiger partial charge in [-0.2, -0.15) is 0 Å². The van der Waals surface area contributed by atoms with Gasteiger partial charge in [-0.25, -0.2) is 4.79 Å². The zero-order valence-corrected chi connectivity index (χ0v) is 8.79. The van der Waals surface area contributed by atoms with Crippen molar-refractivity contribution in [3.8, 4) is 0 Å². The normalized spacial score (nSPS) is 18.3. The fourth-order valence-electron chi connectivity index (χ4n) is 0.783. The van der Waals surface area contributed by atoms with E-state index in [1.54, 1.807) is 0 Å². The molecule has 0 aromatic rings. The molecule has 0 saturated carbocycles. The zero-order chi connectivity index (χ0) is 11.3. The Morgan fingerprint density at radius 2 is 1.67 bits per heavy atom. The molecule has 7 nitrogen and oxygen atoms in total. The van der Waals surface area contributed by atoms with E-state index in [1.807, 2.05) is 0 Å². The number of ether oxygens (including phenoxy) is 1. The third-order valence-electron chi connectivity index (χ3n) is 1.70. The monoisotopic (exact) mass is 246 g/mol. The summed E-state index contributed by atoms with van der Waals surface area (Å²) < 4.78 is 4.09. The highest BCUT2D eigenvalue weighted by molar-refractivity contribution is 5.85. The molecule has 0 amide bonds. The Labute approximate surface area is 92.3 Å². The molecule has 0 aliphatic heterocycles. The molecule has 0 spiro atoms. The smallest absolute Gasteiger partial charge is 0.337 e. The van der Waals surface area contributed by atoms with Gasteiger partial charge in [-0.15, -0.1) is 12.4 Å². The minimum atomic E-state index is -1.96. The van der Waals surface area contributed by atoms with Gasteiger partial charge in [-0.3, -0.25) is 0 Å². The summed E-state index contributed by atoms with van der Waals surface area (Å²) in [4.78, 5) is 10.7. The number of carbonyl (C=O) groups is 1. The van der Waals surface area contributed by atoms with E-state index in [4.69, 9.17) is 25.5 Å². The second-order valence-electron chi connectivity index (χ2n) is 2.70. The van der Waals surface area contributed by atoms with Gasteiger partial charge in [-0.1, -0.05) is 0 Å². The molecule has 0 aliphatic carbocycles. The summed E-state index contributed by atoms with van der Waals surface area (Å²) in [6, 6.07) is 0. The summed E-state index contributed by atoms with van der Waals surface area (Å²) in [6.45, 7) is -0.799. The van der Waals surface area contributed by atoms with Crippen molar-refractivity contribution in [2.24, 2.45) is 0 Å². The van der Waals surface area contributed by atoms with E-state index in [-0.39, 0.29) is 12.4 Å². The standard InChI is InChI=1S/C7H14O7.ClH/c1-14-7(13)6(12)5(11)4(10)3(9)2-8;/h3-6,8-12H,2H2,1H3;1H. The lowest BCUT2D eigenvalue weighted by Crippen LogP contribution is -2.48. The number of aliphatic hydroxyl groups excluding tert-OH is 5. The van der Waals surface area contributed by atoms with Gasteiger partial charge in [0.1, 0.15) is 18.3 Å². The molecule has 8 heteroatoms. The molecule has 0 saturated heterocycles. The third-order valence-corrected chi connectivity index (χ3v) is 1.70. The van der Waals surface area contributed by atoms with E-state index in [0.29, 0.717) is 0 Å². The molecule has 4 atom stereocenters. The maximum atomic E-state index is 10.7. The van der Waals surface area contributed by atoms with Crippen LogP contribution in [0.2, 0.25) is 0 Å². The first kappa shape index (κ1) is 17.0. The first-order chi connectivity index (χ1) is 6.45. The van der Waals surface area contributed by atoms with Crippen molar-refractivity contribution in [1.29, 1.82) is 0 Å². The molecule has 0 bridgehead atoms. The molecule has 0 rings (SSSR count). The van der Waals surface area contributed by atoms with Gasteiger partial charge in [-0.05, 0) is 0 Å². The van der Waals surface area contributed by atoms with Crippen LogP contribution in [0, 0.1) is 0 Å². The van der Waals surface area contributed by atoms with E-state index >= 15 is 0 Å². The number of esters is 1. The average Bonchev–Trinajstić information content (AvgIpc) is 2.23. The van der Waals surface area contributed by atoms with Crippen LogP contribution in [0.4, 0.5) is 0 Å². The van der Waals surface area contributed by atoms with Crippen molar-refractivity contribution < 1.29 is 35.1 Å². The number of carbonyl (C=O) groups excluding carboxylic acids is 1.